The maximum atomic E-state index is 15.3. The zero-order valence-corrected chi connectivity index (χ0v) is 58.6. The van der Waals surface area contributed by atoms with Crippen LogP contribution in [0.4, 0.5) is 4.79 Å². The van der Waals surface area contributed by atoms with Crippen LogP contribution < -0.4 is 59.1 Å². The van der Waals surface area contributed by atoms with Gasteiger partial charge < -0.3 is 73.9 Å². The third-order valence-corrected chi connectivity index (χ3v) is 18.2. The second kappa shape index (κ2) is 38.3. The number of primary amides is 1. The number of nitrogens with two attached hydrogens (primary N) is 3. The summed E-state index contributed by atoms with van der Waals surface area (Å²) in [4.78, 5) is 130. The number of aromatic hydroxyl groups is 2. The Morgan fingerprint density at radius 3 is 1.40 bits per heavy atom. The van der Waals surface area contributed by atoms with Gasteiger partial charge in [-0.15, -0.1) is 5.10 Å². The first-order chi connectivity index (χ1) is 51.0. The lowest BCUT2D eigenvalue weighted by Crippen LogP contribution is -2.61. The third kappa shape index (κ3) is 24.4. The van der Waals surface area contributed by atoms with Gasteiger partial charge in [0.05, 0.1) is 17.1 Å². The Bertz CT molecular complexity index is 4570. The molecule has 9 amide bonds. The van der Waals surface area contributed by atoms with Crippen molar-refractivity contribution in [2.75, 3.05) is 13.1 Å². The number of phenols is 2. The number of ether oxygens (including phenoxy) is 1. The lowest BCUT2D eigenvalue weighted by atomic mass is 9.99. The number of nitrogens with zero attached hydrogens (tertiary/aromatic N) is 3. The van der Waals surface area contributed by atoms with E-state index in [-0.39, 0.29) is 99.2 Å². The fourth-order valence-electron chi connectivity index (χ4n) is 11.6. The van der Waals surface area contributed by atoms with E-state index in [1.54, 1.807) is 134 Å². The number of benzene rings is 7. The Balaban J connectivity index is 0.854. The van der Waals surface area contributed by atoms with Crippen LogP contribution >= 0.6 is 0 Å². The average molecular weight is 1460 g/mol. The van der Waals surface area contributed by atoms with Crippen LogP contribution in [0.2, 0.25) is 0 Å². The van der Waals surface area contributed by atoms with Gasteiger partial charge in [-0.25, -0.2) is 23.0 Å². The fourth-order valence-corrected chi connectivity index (χ4v) is 12.1. The van der Waals surface area contributed by atoms with Crippen molar-refractivity contribution in [3.8, 4) is 11.5 Å². The number of alkyl carbamates (subject to hydrolysis) is 1. The Hall–Kier alpha value is -12.3. The first kappa shape index (κ1) is 77.9. The van der Waals surface area contributed by atoms with E-state index < -0.39 is 99.8 Å². The minimum atomic E-state index is -3.83. The molecule has 0 radical (unpaired) electrons. The van der Waals surface area contributed by atoms with E-state index in [2.05, 4.69) is 57.8 Å². The van der Waals surface area contributed by atoms with Gasteiger partial charge in [-0.2, -0.15) is 0 Å². The molecule has 0 aliphatic heterocycles. The van der Waals surface area contributed by atoms with E-state index in [4.69, 9.17) is 21.3 Å². The molecule has 7 atom stereocenters. The zero-order chi connectivity index (χ0) is 75.5. The van der Waals surface area contributed by atoms with Crippen LogP contribution in [-0.2, 0) is 111 Å². The lowest BCUT2D eigenvalue weighted by molar-refractivity contribution is -0.135. The summed E-state index contributed by atoms with van der Waals surface area (Å²) >= 11 is 0. The summed E-state index contributed by atoms with van der Waals surface area (Å²) in [5, 5.41) is 56.1. The molecule has 0 unspecified atom stereocenters. The standard InChI is InChI=1S/C76H85N15O14S/c77-60(21-12-13-36-81-76(102)105-47-55-45-91(90-89-55)46-68(94)80-37-35-48-27-33-58(34-28-48)106(79,103)104)70(96)84-63(39-49-14-4-1-5-15-49)72(98)85-65(41-51-18-8-3-9-19-51)74(100)88-67(43-54-44-82-61-22-11-10-20-59(54)61)75(101)87-64(40-50-16-6-2-7-17-50)73(99)86-66(42-53-25-31-57(93)32-26-53)71(97)83-62(69(78)95)38-52-23-29-56(92)30-24-52/h1-11,14-20,22-34,44-45,60,62-67,82,92-93H,12-13,21,35-43,46-47,77H2,(H2,78,95)(H,80,94)(H,81,102)(H,83,97)(H,84,96)(H,85,98)(H,86,99)(H,87,101)(H,88,100)(H2,79,103,104)/t60-,62-,63-,64-,65-,66-,67-/m0/s1. The normalized spacial score (nSPS) is 13.2. The second-order valence-electron chi connectivity index (χ2n) is 25.4. The number of amides is 9. The molecule has 0 spiro atoms. The second-order valence-corrected chi connectivity index (χ2v) is 27.0. The monoisotopic (exact) mass is 1460 g/mol. The van der Waals surface area contributed by atoms with Crippen molar-refractivity contribution in [2.45, 2.75) is 125 Å². The Kier molecular flexibility index (Phi) is 28.1. The molecule has 9 rings (SSSR count). The molecule has 2 aromatic heterocycles. The predicted octanol–water partition coefficient (Wildman–Crippen LogP) is 2.75. The van der Waals surface area contributed by atoms with Crippen molar-refractivity contribution in [2.24, 2.45) is 16.6 Å². The van der Waals surface area contributed by atoms with Crippen molar-refractivity contribution in [1.82, 2.24) is 62.5 Å². The molecule has 30 heteroatoms. The summed E-state index contributed by atoms with van der Waals surface area (Å²) in [6.07, 6.45) is 3.06. The summed E-state index contributed by atoms with van der Waals surface area (Å²) in [5.74, 6) is -6.04. The molecular formula is C76H85N15O14S. The van der Waals surface area contributed by atoms with Gasteiger partial charge in [0.2, 0.25) is 57.3 Å². The third-order valence-electron chi connectivity index (χ3n) is 17.3. The number of para-hydroxylation sites is 1. The maximum Gasteiger partial charge on any atom is 0.407 e. The number of fused-ring (bicyclic) bond motifs is 1. The predicted molar refractivity (Wildman–Crippen MR) is 391 cm³/mol. The van der Waals surface area contributed by atoms with Gasteiger partial charge in [-0.1, -0.05) is 151 Å². The van der Waals surface area contributed by atoms with Gasteiger partial charge >= 0.3 is 6.09 Å². The van der Waals surface area contributed by atoms with Crippen LogP contribution in [-0.4, -0.2) is 147 Å². The first-order valence-corrected chi connectivity index (χ1v) is 35.8. The van der Waals surface area contributed by atoms with Crippen LogP contribution in [0.1, 0.15) is 63.9 Å². The van der Waals surface area contributed by atoms with E-state index >= 15 is 14.4 Å². The van der Waals surface area contributed by atoms with Gasteiger partial charge in [-0.3, -0.25) is 38.4 Å². The van der Waals surface area contributed by atoms with Crippen LogP contribution in [0.15, 0.2) is 205 Å². The molecule has 7 aromatic carbocycles. The highest BCUT2D eigenvalue weighted by atomic mass is 32.2. The van der Waals surface area contributed by atoms with E-state index in [0.717, 1.165) is 16.5 Å². The molecular weight excluding hydrogens is 1380 g/mol. The molecule has 0 aliphatic carbocycles. The number of carbonyl (C=O) groups is 9. The number of hydrogen-bond donors (Lipinski definition) is 14. The summed E-state index contributed by atoms with van der Waals surface area (Å²) in [6, 6.07) is 42.2. The van der Waals surface area contributed by atoms with E-state index in [1.165, 1.54) is 47.3 Å². The quantitative estimate of drug-likeness (QED) is 0.0247. The Labute approximate surface area is 611 Å². The fraction of sp³-hybridized carbons (Fsp3) is 0.276. The van der Waals surface area contributed by atoms with Crippen molar-refractivity contribution in [1.29, 1.82) is 0 Å². The number of nitrogens with one attached hydrogen (secondary N) is 9. The van der Waals surface area contributed by atoms with Gasteiger partial charge in [0, 0.05) is 68.7 Å². The number of unbranched alkanes of at least 4 members (excludes halogenated alkanes) is 1. The van der Waals surface area contributed by atoms with Crippen molar-refractivity contribution < 1.29 is 66.5 Å². The number of phenolic OH excluding ortho intramolecular Hbond substituents is 2. The molecule has 2 heterocycles. The topological polar surface area (TPSA) is 458 Å². The summed E-state index contributed by atoms with van der Waals surface area (Å²) in [5.41, 5.74) is 17.6. The Morgan fingerprint density at radius 1 is 0.491 bits per heavy atom. The highest BCUT2D eigenvalue weighted by Gasteiger charge is 2.35. The van der Waals surface area contributed by atoms with Gasteiger partial charge in [0.15, 0.2) is 0 Å². The van der Waals surface area contributed by atoms with E-state index in [1.807, 2.05) is 24.3 Å². The number of aromatic amines is 1. The minimum Gasteiger partial charge on any atom is -0.508 e. The number of H-pyrrole nitrogens is 1. The molecule has 0 saturated heterocycles. The lowest BCUT2D eigenvalue weighted by Gasteiger charge is -2.28. The van der Waals surface area contributed by atoms with Crippen molar-refractivity contribution in [3.63, 3.8) is 0 Å². The molecule has 0 aliphatic rings. The summed E-state index contributed by atoms with van der Waals surface area (Å²) in [7, 11) is -3.83. The van der Waals surface area contributed by atoms with E-state index in [9.17, 15) is 47.4 Å². The van der Waals surface area contributed by atoms with Gasteiger partial charge in [-0.05, 0) is 107 Å². The van der Waals surface area contributed by atoms with Crippen LogP contribution in [0.25, 0.3) is 10.9 Å². The SMILES string of the molecule is NC(=O)[C@H](Cc1ccc(O)cc1)NC(=O)[C@H](Cc1ccc(O)cc1)NC(=O)[C@H](Cc1ccccc1)NC(=O)[C@H](Cc1c[nH]c2ccccc12)NC(=O)[C@H](Cc1ccccc1)NC(=O)[C@H](Cc1ccccc1)NC(=O)[C@@H](N)CCCCNC(=O)OCc1cn(CC(=O)NCCc2ccc(S(N)(=O)=O)cc2)nn1. The van der Waals surface area contributed by atoms with Crippen molar-refractivity contribution >= 4 is 74.3 Å². The van der Waals surface area contributed by atoms with Gasteiger partial charge in [0.25, 0.3) is 0 Å². The maximum absolute atomic E-state index is 15.3. The number of aromatic nitrogens is 4. The Morgan fingerprint density at radius 2 is 0.915 bits per heavy atom. The molecule has 9 aromatic rings. The molecule has 0 fully saturated rings. The van der Waals surface area contributed by atoms with Gasteiger partial charge in [0.1, 0.15) is 66.6 Å². The average Bonchev–Trinajstić information content (AvgIpc) is 1.63. The number of sulfonamides is 1. The molecule has 106 heavy (non-hydrogen) atoms. The smallest absolute Gasteiger partial charge is 0.407 e. The highest BCUT2D eigenvalue weighted by Crippen LogP contribution is 2.21. The number of rotatable bonds is 38. The van der Waals surface area contributed by atoms with E-state index in [0.29, 0.717) is 52.6 Å². The highest BCUT2D eigenvalue weighted by molar-refractivity contribution is 7.89. The molecule has 29 nitrogen and oxygen atoms in total. The number of hydrogen-bond acceptors (Lipinski definition) is 17. The number of primary sulfonamides is 1. The van der Waals surface area contributed by atoms with Crippen LogP contribution in [0, 0.1) is 0 Å². The molecule has 0 saturated carbocycles. The van der Waals surface area contributed by atoms with Crippen molar-refractivity contribution in [3.05, 3.63) is 245 Å². The number of carbonyl (C=O) groups excluding carboxylic acids is 9. The van der Waals surface area contributed by atoms with Crippen LogP contribution in [0.5, 0.6) is 11.5 Å². The minimum absolute atomic E-state index is 0.0197. The largest absolute Gasteiger partial charge is 0.508 e. The zero-order valence-electron chi connectivity index (χ0n) is 57.8. The first-order valence-electron chi connectivity index (χ1n) is 34.3. The molecule has 0 bridgehead atoms. The summed E-state index contributed by atoms with van der Waals surface area (Å²) in [6.45, 7) is -0.0137. The van der Waals surface area contributed by atoms with Crippen LogP contribution in [0.3, 0.4) is 0 Å². The molecule has 554 valence electrons. The molecule has 17 N–H and O–H groups in total. The summed E-state index contributed by atoms with van der Waals surface area (Å²) < 4.78 is 29.6.